The molecule has 1 unspecified atom stereocenters. The Morgan fingerprint density at radius 1 is 1.43 bits per heavy atom. The molecule has 0 aromatic heterocycles. The van der Waals surface area contributed by atoms with Gasteiger partial charge in [0.15, 0.2) is 0 Å². The van der Waals surface area contributed by atoms with Crippen molar-refractivity contribution >= 4 is 0 Å². The van der Waals surface area contributed by atoms with Crippen LogP contribution in [0.15, 0.2) is 0 Å². The first-order chi connectivity index (χ1) is 6.49. The van der Waals surface area contributed by atoms with Crippen molar-refractivity contribution in [2.45, 2.75) is 32.0 Å². The summed E-state index contributed by atoms with van der Waals surface area (Å²) >= 11 is 0. The summed E-state index contributed by atoms with van der Waals surface area (Å²) in [5.41, 5.74) is 0. The third-order valence-electron chi connectivity index (χ3n) is 2.59. The van der Waals surface area contributed by atoms with Gasteiger partial charge in [0.1, 0.15) is 0 Å². The average Bonchev–Trinajstić information content (AvgIpc) is 2.44. The van der Waals surface area contributed by atoms with E-state index in [2.05, 4.69) is 17.1 Å². The molecule has 1 aliphatic rings. The number of nitrogens with one attached hydrogen (secondary N) is 1. The third-order valence-corrected chi connectivity index (χ3v) is 2.59. The maximum atomic E-state index is 11.8. The van der Waals surface area contributed by atoms with Crippen molar-refractivity contribution < 1.29 is 13.2 Å². The fourth-order valence-electron chi connectivity index (χ4n) is 1.78. The molecule has 1 rings (SSSR count). The number of rotatable bonds is 4. The lowest BCUT2D eigenvalue weighted by Gasteiger charge is -2.21. The van der Waals surface area contributed by atoms with E-state index in [-0.39, 0.29) is 0 Å². The molecule has 2 nitrogen and oxygen atoms in total. The fraction of sp³-hybridized carbons (Fsp3) is 1.00. The number of alkyl halides is 3. The van der Waals surface area contributed by atoms with Gasteiger partial charge in [0, 0.05) is 19.1 Å². The third kappa shape index (κ3) is 4.28. The lowest BCUT2D eigenvalue weighted by atomic mass is 10.2. The predicted molar refractivity (Wildman–Crippen MR) is 49.2 cm³/mol. The van der Waals surface area contributed by atoms with Crippen molar-refractivity contribution in [2.24, 2.45) is 0 Å². The van der Waals surface area contributed by atoms with Crippen molar-refractivity contribution in [1.82, 2.24) is 10.2 Å². The molecule has 0 amide bonds. The zero-order chi connectivity index (χ0) is 10.6. The first-order valence-electron chi connectivity index (χ1n) is 5.00. The Bertz CT molecular complexity index is 170. The smallest absolute Gasteiger partial charge is 0.307 e. The number of hydrogen-bond acceptors (Lipinski definition) is 2. The summed E-state index contributed by atoms with van der Waals surface area (Å²) in [4.78, 5) is 2.23. The Morgan fingerprint density at radius 3 is 2.64 bits per heavy atom. The summed E-state index contributed by atoms with van der Waals surface area (Å²) in [6, 6.07) is 0.530. The van der Waals surface area contributed by atoms with Crippen molar-refractivity contribution in [1.29, 1.82) is 0 Å². The molecule has 5 heteroatoms. The van der Waals surface area contributed by atoms with Crippen LogP contribution in [0.2, 0.25) is 0 Å². The molecule has 14 heavy (non-hydrogen) atoms. The number of hydrogen-bond donors (Lipinski definition) is 1. The van der Waals surface area contributed by atoms with Crippen molar-refractivity contribution in [3.8, 4) is 0 Å². The summed E-state index contributed by atoms with van der Waals surface area (Å²) < 4.78 is 35.3. The van der Waals surface area contributed by atoms with Crippen LogP contribution < -0.4 is 5.32 Å². The minimum Gasteiger partial charge on any atom is -0.307 e. The minimum absolute atomic E-state index is 0.420. The van der Waals surface area contributed by atoms with Crippen LogP contribution in [0.5, 0.6) is 0 Å². The summed E-state index contributed by atoms with van der Waals surface area (Å²) in [5, 5.41) is 2.41. The van der Waals surface area contributed by atoms with Gasteiger partial charge in [-0.2, -0.15) is 13.2 Å². The van der Waals surface area contributed by atoms with Gasteiger partial charge in [-0.15, -0.1) is 0 Å². The molecule has 1 saturated heterocycles. The highest BCUT2D eigenvalue weighted by Crippen LogP contribution is 2.15. The second-order valence-electron chi connectivity index (χ2n) is 3.82. The van der Waals surface area contributed by atoms with Crippen molar-refractivity contribution in [3.05, 3.63) is 0 Å². The predicted octanol–water partition coefficient (Wildman–Crippen LogP) is 1.62. The van der Waals surface area contributed by atoms with Crippen LogP contribution in [-0.4, -0.2) is 43.3 Å². The molecule has 0 aliphatic carbocycles. The molecule has 1 fully saturated rings. The molecule has 0 bridgehead atoms. The summed E-state index contributed by atoms with van der Waals surface area (Å²) in [6.45, 7) is 3.40. The molecule has 0 aromatic carbocycles. The van der Waals surface area contributed by atoms with E-state index in [9.17, 15) is 13.2 Å². The molecule has 1 N–H and O–H groups in total. The quantitative estimate of drug-likeness (QED) is 0.709. The number of nitrogens with zero attached hydrogens (tertiary/aromatic N) is 1. The van der Waals surface area contributed by atoms with Gasteiger partial charge in [-0.3, -0.25) is 4.90 Å². The van der Waals surface area contributed by atoms with Crippen LogP contribution >= 0.6 is 0 Å². The zero-order valence-corrected chi connectivity index (χ0v) is 8.40. The van der Waals surface area contributed by atoms with Crippen molar-refractivity contribution in [3.63, 3.8) is 0 Å². The molecule has 1 atom stereocenters. The Kier molecular flexibility index (Phi) is 4.19. The number of halogens is 3. The molecular weight excluding hydrogens is 193 g/mol. The molecule has 1 aliphatic heterocycles. The molecule has 0 saturated carbocycles. The van der Waals surface area contributed by atoms with E-state index in [4.69, 9.17) is 0 Å². The van der Waals surface area contributed by atoms with Crippen molar-refractivity contribution in [2.75, 3.05) is 26.2 Å². The topological polar surface area (TPSA) is 15.3 Å². The highest BCUT2D eigenvalue weighted by Gasteiger charge is 2.26. The molecular formula is C9H17F3N2. The molecule has 1 heterocycles. The second-order valence-corrected chi connectivity index (χ2v) is 3.82. The fourth-order valence-corrected chi connectivity index (χ4v) is 1.78. The van der Waals surface area contributed by atoms with Gasteiger partial charge < -0.3 is 5.32 Å². The van der Waals surface area contributed by atoms with Crippen LogP contribution in [0.4, 0.5) is 13.2 Å². The van der Waals surface area contributed by atoms with Gasteiger partial charge in [0.25, 0.3) is 0 Å². The molecule has 84 valence electrons. The highest BCUT2D eigenvalue weighted by atomic mass is 19.4. The average molecular weight is 210 g/mol. The van der Waals surface area contributed by atoms with E-state index in [0.717, 1.165) is 13.1 Å². The lowest BCUT2D eigenvalue weighted by Crippen LogP contribution is -2.37. The van der Waals surface area contributed by atoms with Gasteiger partial charge in [-0.1, -0.05) is 0 Å². The highest BCUT2D eigenvalue weighted by molar-refractivity contribution is 4.75. The van der Waals surface area contributed by atoms with E-state index in [1.807, 2.05) is 0 Å². The second kappa shape index (κ2) is 4.98. The molecule has 0 spiro atoms. The Morgan fingerprint density at radius 2 is 2.14 bits per heavy atom. The van der Waals surface area contributed by atoms with Gasteiger partial charge in [0.05, 0.1) is 6.54 Å². The van der Waals surface area contributed by atoms with Gasteiger partial charge in [0.2, 0.25) is 0 Å². The SMILES string of the molecule is CC1CCCN1CCNCC(F)(F)F. The van der Waals surface area contributed by atoms with E-state index in [1.165, 1.54) is 12.8 Å². The van der Waals surface area contributed by atoms with Crippen LogP contribution in [0.1, 0.15) is 19.8 Å². The molecule has 0 radical (unpaired) electrons. The monoisotopic (exact) mass is 210 g/mol. The zero-order valence-electron chi connectivity index (χ0n) is 8.40. The Labute approximate surface area is 82.5 Å². The van der Waals surface area contributed by atoms with Crippen LogP contribution in [-0.2, 0) is 0 Å². The number of likely N-dealkylation sites (tertiary alicyclic amines) is 1. The van der Waals surface area contributed by atoms with Crippen LogP contribution in [0.25, 0.3) is 0 Å². The maximum absolute atomic E-state index is 11.8. The summed E-state index contributed by atoms with van der Waals surface area (Å²) in [6.07, 6.45) is -1.75. The van der Waals surface area contributed by atoms with E-state index in [0.29, 0.717) is 12.6 Å². The maximum Gasteiger partial charge on any atom is 0.401 e. The summed E-state index contributed by atoms with van der Waals surface area (Å²) in [7, 11) is 0. The van der Waals surface area contributed by atoms with Crippen LogP contribution in [0.3, 0.4) is 0 Å². The normalized spacial score (nSPS) is 24.4. The standard InChI is InChI=1S/C9H17F3N2/c1-8-3-2-5-14(8)6-4-13-7-9(10,11)12/h8,13H,2-7H2,1H3. The Balaban J connectivity index is 2.04. The minimum atomic E-state index is -4.09. The van der Waals surface area contributed by atoms with Gasteiger partial charge >= 0.3 is 6.18 Å². The van der Waals surface area contributed by atoms with Gasteiger partial charge in [-0.05, 0) is 26.3 Å². The molecule has 0 aromatic rings. The summed E-state index contributed by atoms with van der Waals surface area (Å²) in [5.74, 6) is 0. The first kappa shape index (κ1) is 11.8. The Hall–Kier alpha value is -0.290. The van der Waals surface area contributed by atoms with Gasteiger partial charge in [-0.25, -0.2) is 0 Å². The van der Waals surface area contributed by atoms with E-state index >= 15 is 0 Å². The lowest BCUT2D eigenvalue weighted by molar-refractivity contribution is -0.124. The van der Waals surface area contributed by atoms with Crippen LogP contribution in [0, 0.1) is 0 Å². The van der Waals surface area contributed by atoms with E-state index in [1.54, 1.807) is 0 Å². The largest absolute Gasteiger partial charge is 0.401 e. The van der Waals surface area contributed by atoms with E-state index < -0.39 is 12.7 Å². The first-order valence-corrected chi connectivity index (χ1v) is 5.00.